The van der Waals surface area contributed by atoms with Gasteiger partial charge in [0.1, 0.15) is 0 Å². The number of amides is 1. The normalized spacial score (nSPS) is 11.8. The van der Waals surface area contributed by atoms with Crippen LogP contribution in [0.4, 0.5) is 0 Å². The molecule has 0 aromatic rings. The second kappa shape index (κ2) is 5.28. The maximum atomic E-state index is 11.0. The summed E-state index contributed by atoms with van der Waals surface area (Å²) in [6.07, 6.45) is 0.790. The smallest absolute Gasteiger partial charge is 0.305 e. The summed E-state index contributed by atoms with van der Waals surface area (Å²) >= 11 is 0. The molecule has 74 valence electrons. The number of nitrogens with two attached hydrogens (primary N) is 1. The predicted octanol–water partition coefficient (Wildman–Crippen LogP) is -0.808. The first-order valence-corrected chi connectivity index (χ1v) is 3.57. The quantitative estimate of drug-likeness (QED) is 0.297. The molecule has 6 heteroatoms. The summed E-state index contributed by atoms with van der Waals surface area (Å²) in [4.78, 5) is 21.2. The van der Waals surface area contributed by atoms with Crippen molar-refractivity contribution in [2.45, 2.75) is 12.5 Å². The highest BCUT2D eigenvalue weighted by Crippen LogP contribution is 1.94. The average Bonchev–Trinajstić information content (AvgIpc) is 2.02. The molecule has 0 fully saturated rings. The van der Waals surface area contributed by atoms with Crippen molar-refractivity contribution in [3.05, 3.63) is 12.7 Å². The van der Waals surface area contributed by atoms with Crippen LogP contribution in [0.5, 0.6) is 0 Å². The molecule has 0 aromatic heterocycles. The Kier molecular flexibility index (Phi) is 4.71. The third-order valence-electron chi connectivity index (χ3n) is 1.27. The largest absolute Gasteiger partial charge is 0.481 e. The zero-order valence-electron chi connectivity index (χ0n) is 7.01. The SMILES string of the molecule is C=CCN(O)C(=O)C(N)CC(=O)O. The third-order valence-corrected chi connectivity index (χ3v) is 1.27. The molecular formula is C7H12N2O4. The van der Waals surface area contributed by atoms with Gasteiger partial charge in [0.15, 0.2) is 0 Å². The zero-order chi connectivity index (χ0) is 10.4. The van der Waals surface area contributed by atoms with Gasteiger partial charge in [0.05, 0.1) is 19.0 Å². The first-order chi connectivity index (χ1) is 5.99. The van der Waals surface area contributed by atoms with Crippen LogP contribution >= 0.6 is 0 Å². The van der Waals surface area contributed by atoms with E-state index < -0.39 is 24.3 Å². The minimum atomic E-state index is -1.22. The Morgan fingerprint density at radius 2 is 2.15 bits per heavy atom. The lowest BCUT2D eigenvalue weighted by molar-refractivity contribution is -0.165. The Morgan fingerprint density at radius 3 is 2.54 bits per heavy atom. The van der Waals surface area contributed by atoms with Crippen molar-refractivity contribution in [1.29, 1.82) is 0 Å². The van der Waals surface area contributed by atoms with E-state index in [1.165, 1.54) is 6.08 Å². The summed E-state index contributed by atoms with van der Waals surface area (Å²) in [7, 11) is 0. The summed E-state index contributed by atoms with van der Waals surface area (Å²) in [6.45, 7) is 3.22. The van der Waals surface area contributed by atoms with Gasteiger partial charge in [-0.1, -0.05) is 6.08 Å². The highest BCUT2D eigenvalue weighted by Gasteiger charge is 2.21. The number of hydrogen-bond acceptors (Lipinski definition) is 4. The number of nitrogens with zero attached hydrogens (tertiary/aromatic N) is 1. The van der Waals surface area contributed by atoms with Crippen molar-refractivity contribution >= 4 is 11.9 Å². The number of carboxylic acid groups (broad SMARTS) is 1. The second-order valence-electron chi connectivity index (χ2n) is 2.41. The topological polar surface area (TPSA) is 104 Å². The van der Waals surface area contributed by atoms with Crippen LogP contribution in [-0.2, 0) is 9.59 Å². The van der Waals surface area contributed by atoms with Crippen molar-refractivity contribution in [1.82, 2.24) is 5.06 Å². The molecule has 0 aliphatic carbocycles. The molecule has 0 radical (unpaired) electrons. The van der Waals surface area contributed by atoms with Crippen LogP contribution in [0.1, 0.15) is 6.42 Å². The minimum absolute atomic E-state index is 0.0772. The maximum absolute atomic E-state index is 11.0. The molecule has 1 unspecified atom stereocenters. The molecule has 0 saturated heterocycles. The van der Waals surface area contributed by atoms with E-state index in [0.29, 0.717) is 5.06 Å². The van der Waals surface area contributed by atoms with Gasteiger partial charge in [-0.25, -0.2) is 5.06 Å². The van der Waals surface area contributed by atoms with Gasteiger partial charge >= 0.3 is 5.97 Å². The maximum Gasteiger partial charge on any atom is 0.305 e. The molecule has 0 spiro atoms. The lowest BCUT2D eigenvalue weighted by Gasteiger charge is -2.16. The van der Waals surface area contributed by atoms with Crippen molar-refractivity contribution in [2.75, 3.05) is 6.54 Å². The van der Waals surface area contributed by atoms with Crippen LogP contribution in [0, 0.1) is 0 Å². The Bertz CT molecular complexity index is 217. The number of hydroxylamine groups is 2. The van der Waals surface area contributed by atoms with Crippen LogP contribution < -0.4 is 5.73 Å². The molecule has 0 saturated carbocycles. The summed E-state index contributed by atoms with van der Waals surface area (Å²) in [5.74, 6) is -2.02. The van der Waals surface area contributed by atoms with Gasteiger partial charge < -0.3 is 10.8 Å². The van der Waals surface area contributed by atoms with E-state index in [2.05, 4.69) is 6.58 Å². The standard InChI is InChI=1S/C7H12N2O4/c1-2-3-9(13)7(12)5(8)4-6(10)11/h2,5,13H,1,3-4,8H2,(H,10,11). The Labute approximate surface area is 75.2 Å². The number of carbonyl (C=O) groups excluding carboxylic acids is 1. The van der Waals surface area contributed by atoms with E-state index >= 15 is 0 Å². The van der Waals surface area contributed by atoms with Gasteiger partial charge in [-0.05, 0) is 0 Å². The Morgan fingerprint density at radius 1 is 1.62 bits per heavy atom. The monoisotopic (exact) mass is 188 g/mol. The number of carboxylic acids is 1. The van der Waals surface area contributed by atoms with E-state index in [1.54, 1.807) is 0 Å². The van der Waals surface area contributed by atoms with E-state index in [4.69, 9.17) is 16.0 Å². The van der Waals surface area contributed by atoms with Crippen molar-refractivity contribution < 1.29 is 19.9 Å². The first kappa shape index (κ1) is 11.6. The van der Waals surface area contributed by atoms with Gasteiger partial charge in [-0.3, -0.25) is 14.8 Å². The Hall–Kier alpha value is -1.40. The average molecular weight is 188 g/mol. The van der Waals surface area contributed by atoms with E-state index in [-0.39, 0.29) is 6.54 Å². The molecule has 0 aromatic carbocycles. The van der Waals surface area contributed by atoms with Crippen molar-refractivity contribution in [3.8, 4) is 0 Å². The van der Waals surface area contributed by atoms with Gasteiger partial charge in [0.25, 0.3) is 5.91 Å². The predicted molar refractivity (Wildman–Crippen MR) is 43.9 cm³/mol. The summed E-state index contributed by atoms with van der Waals surface area (Å²) in [5, 5.41) is 17.6. The molecule has 0 bridgehead atoms. The van der Waals surface area contributed by atoms with Crippen LogP contribution in [-0.4, -0.2) is 39.8 Å². The first-order valence-electron chi connectivity index (χ1n) is 3.57. The number of aliphatic carboxylic acids is 1. The van der Waals surface area contributed by atoms with Crippen LogP contribution in [0.2, 0.25) is 0 Å². The van der Waals surface area contributed by atoms with Crippen molar-refractivity contribution in [3.63, 3.8) is 0 Å². The molecule has 1 atom stereocenters. The molecule has 0 aliphatic rings. The number of hydrogen-bond donors (Lipinski definition) is 3. The fraction of sp³-hybridized carbons (Fsp3) is 0.429. The molecule has 0 aliphatic heterocycles. The lowest BCUT2D eigenvalue weighted by Crippen LogP contribution is -2.43. The molecule has 1 amide bonds. The number of rotatable bonds is 5. The summed E-state index contributed by atoms with van der Waals surface area (Å²) < 4.78 is 0. The molecule has 0 heterocycles. The van der Waals surface area contributed by atoms with Crippen LogP contribution in [0.25, 0.3) is 0 Å². The molecular weight excluding hydrogens is 176 g/mol. The number of carbonyl (C=O) groups is 2. The highest BCUT2D eigenvalue weighted by molar-refractivity contribution is 5.85. The third kappa shape index (κ3) is 4.24. The Balaban J connectivity index is 4.08. The lowest BCUT2D eigenvalue weighted by atomic mass is 10.2. The molecule has 4 N–H and O–H groups in total. The van der Waals surface area contributed by atoms with E-state index in [1.807, 2.05) is 0 Å². The summed E-state index contributed by atoms with van der Waals surface area (Å²) in [5.41, 5.74) is 5.18. The van der Waals surface area contributed by atoms with E-state index in [9.17, 15) is 9.59 Å². The van der Waals surface area contributed by atoms with Crippen LogP contribution in [0.15, 0.2) is 12.7 Å². The van der Waals surface area contributed by atoms with Crippen molar-refractivity contribution in [2.24, 2.45) is 5.73 Å². The van der Waals surface area contributed by atoms with Gasteiger partial charge in [-0.2, -0.15) is 0 Å². The molecule has 6 nitrogen and oxygen atoms in total. The van der Waals surface area contributed by atoms with Crippen LogP contribution in [0.3, 0.4) is 0 Å². The molecule has 0 rings (SSSR count). The van der Waals surface area contributed by atoms with E-state index in [0.717, 1.165) is 0 Å². The van der Waals surface area contributed by atoms with Gasteiger partial charge in [0, 0.05) is 0 Å². The fourth-order valence-electron chi connectivity index (χ4n) is 0.679. The second-order valence-corrected chi connectivity index (χ2v) is 2.41. The van der Waals surface area contributed by atoms with Gasteiger partial charge in [0.2, 0.25) is 0 Å². The fourth-order valence-corrected chi connectivity index (χ4v) is 0.679. The zero-order valence-corrected chi connectivity index (χ0v) is 7.01. The summed E-state index contributed by atoms with van der Waals surface area (Å²) in [6, 6.07) is -1.22. The highest BCUT2D eigenvalue weighted by atomic mass is 16.5. The minimum Gasteiger partial charge on any atom is -0.481 e. The molecule has 13 heavy (non-hydrogen) atoms. The van der Waals surface area contributed by atoms with Gasteiger partial charge in [-0.15, -0.1) is 6.58 Å².